The second-order valence-corrected chi connectivity index (χ2v) is 3.91. The second-order valence-electron chi connectivity index (χ2n) is 3.91. The van der Waals surface area contributed by atoms with Gasteiger partial charge in [-0.05, 0) is 36.8 Å². The normalized spacial score (nSPS) is 11.6. The van der Waals surface area contributed by atoms with Crippen molar-refractivity contribution < 1.29 is 17.6 Å². The van der Waals surface area contributed by atoms with Crippen LogP contribution >= 0.6 is 0 Å². The zero-order valence-corrected chi connectivity index (χ0v) is 9.42. The maximum atomic E-state index is 13.6. The van der Waals surface area contributed by atoms with Crippen LogP contribution in [0.1, 0.15) is 11.1 Å². The van der Waals surface area contributed by atoms with Gasteiger partial charge in [0.15, 0.2) is 0 Å². The van der Waals surface area contributed by atoms with Crippen molar-refractivity contribution in [1.82, 2.24) is 4.98 Å². The molecule has 18 heavy (non-hydrogen) atoms. The average molecular weight is 255 g/mol. The molecule has 0 fully saturated rings. The Morgan fingerprint density at radius 2 is 1.78 bits per heavy atom. The van der Waals surface area contributed by atoms with Crippen LogP contribution in [-0.4, -0.2) is 4.98 Å². The van der Waals surface area contributed by atoms with Crippen LogP contribution in [0.3, 0.4) is 0 Å². The lowest BCUT2D eigenvalue weighted by Crippen LogP contribution is -2.05. The Kier molecular flexibility index (Phi) is 3.07. The Labute approximate surface area is 101 Å². The molecular formula is C13H9F4N. The molecule has 0 radical (unpaired) electrons. The number of halogens is 4. The number of pyridine rings is 1. The van der Waals surface area contributed by atoms with E-state index in [9.17, 15) is 17.6 Å². The summed E-state index contributed by atoms with van der Waals surface area (Å²) in [5.74, 6) is -0.929. The van der Waals surface area contributed by atoms with E-state index in [-0.39, 0.29) is 5.56 Å². The van der Waals surface area contributed by atoms with E-state index in [0.717, 1.165) is 17.7 Å². The SMILES string of the molecule is Cc1ccc(-c2ccc(C(F)(F)F)cc2F)nc1. The lowest BCUT2D eigenvalue weighted by molar-refractivity contribution is -0.137. The number of aromatic nitrogens is 1. The van der Waals surface area contributed by atoms with Crippen molar-refractivity contribution >= 4 is 0 Å². The largest absolute Gasteiger partial charge is 0.416 e. The number of rotatable bonds is 1. The Morgan fingerprint density at radius 3 is 2.28 bits per heavy atom. The molecule has 0 unspecified atom stereocenters. The highest BCUT2D eigenvalue weighted by Gasteiger charge is 2.31. The summed E-state index contributed by atoms with van der Waals surface area (Å²) >= 11 is 0. The van der Waals surface area contributed by atoms with Crippen molar-refractivity contribution in [2.24, 2.45) is 0 Å². The summed E-state index contributed by atoms with van der Waals surface area (Å²) in [6.07, 6.45) is -3.01. The van der Waals surface area contributed by atoms with Crippen molar-refractivity contribution in [3.8, 4) is 11.3 Å². The van der Waals surface area contributed by atoms with Gasteiger partial charge in [0.2, 0.25) is 0 Å². The summed E-state index contributed by atoms with van der Waals surface area (Å²) in [5.41, 5.74) is 0.261. The van der Waals surface area contributed by atoms with E-state index in [1.165, 1.54) is 6.20 Å². The number of alkyl halides is 3. The Morgan fingerprint density at radius 1 is 1.06 bits per heavy atom. The first-order valence-electron chi connectivity index (χ1n) is 5.18. The minimum Gasteiger partial charge on any atom is -0.256 e. The molecule has 0 aliphatic rings. The molecule has 2 rings (SSSR count). The van der Waals surface area contributed by atoms with Gasteiger partial charge in [0, 0.05) is 11.8 Å². The summed E-state index contributed by atoms with van der Waals surface area (Å²) in [6, 6.07) is 5.72. The van der Waals surface area contributed by atoms with Crippen molar-refractivity contribution in [3.05, 3.63) is 53.5 Å². The van der Waals surface area contributed by atoms with E-state index in [2.05, 4.69) is 4.98 Å². The fourth-order valence-corrected chi connectivity index (χ4v) is 1.53. The molecule has 1 aromatic carbocycles. The summed E-state index contributed by atoms with van der Waals surface area (Å²) in [5, 5.41) is 0. The van der Waals surface area contributed by atoms with Gasteiger partial charge in [-0.15, -0.1) is 0 Å². The Hall–Kier alpha value is -1.91. The number of hydrogen-bond acceptors (Lipinski definition) is 1. The predicted molar refractivity (Wildman–Crippen MR) is 59.4 cm³/mol. The molecule has 1 heterocycles. The third-order valence-electron chi connectivity index (χ3n) is 2.48. The smallest absolute Gasteiger partial charge is 0.256 e. The highest BCUT2D eigenvalue weighted by atomic mass is 19.4. The second kappa shape index (κ2) is 4.40. The molecule has 0 amide bonds. The third-order valence-corrected chi connectivity index (χ3v) is 2.48. The third kappa shape index (κ3) is 2.50. The van der Waals surface area contributed by atoms with Gasteiger partial charge in [0.25, 0.3) is 0 Å². The van der Waals surface area contributed by atoms with Crippen LogP contribution < -0.4 is 0 Å². The summed E-state index contributed by atoms with van der Waals surface area (Å²) in [4.78, 5) is 3.98. The molecule has 0 N–H and O–H groups in total. The monoisotopic (exact) mass is 255 g/mol. The van der Waals surface area contributed by atoms with Gasteiger partial charge in [-0.25, -0.2) is 4.39 Å². The maximum absolute atomic E-state index is 13.6. The van der Waals surface area contributed by atoms with Crippen LogP contribution in [0, 0.1) is 12.7 Å². The van der Waals surface area contributed by atoms with Crippen LogP contribution in [0.4, 0.5) is 17.6 Å². The molecule has 0 bridgehead atoms. The minimum atomic E-state index is -4.54. The predicted octanol–water partition coefficient (Wildman–Crippen LogP) is 4.21. The van der Waals surface area contributed by atoms with Crippen molar-refractivity contribution in [1.29, 1.82) is 0 Å². The highest BCUT2D eigenvalue weighted by Crippen LogP contribution is 2.32. The number of nitrogens with zero attached hydrogens (tertiary/aromatic N) is 1. The maximum Gasteiger partial charge on any atom is 0.416 e. The summed E-state index contributed by atoms with van der Waals surface area (Å²) in [7, 11) is 0. The standard InChI is InChI=1S/C13H9F4N/c1-8-2-5-12(18-7-8)10-4-3-9(6-11(10)14)13(15,16)17/h2-7H,1H3. The van der Waals surface area contributed by atoms with E-state index in [1.54, 1.807) is 12.1 Å². The first-order valence-corrected chi connectivity index (χ1v) is 5.18. The zero-order chi connectivity index (χ0) is 13.3. The van der Waals surface area contributed by atoms with E-state index >= 15 is 0 Å². The molecule has 1 nitrogen and oxygen atoms in total. The van der Waals surface area contributed by atoms with Crippen LogP contribution in [0.15, 0.2) is 36.5 Å². The molecule has 5 heteroatoms. The van der Waals surface area contributed by atoms with Gasteiger partial charge in [0.05, 0.1) is 11.3 Å². The van der Waals surface area contributed by atoms with Gasteiger partial charge in [-0.2, -0.15) is 13.2 Å². The molecule has 0 spiro atoms. The number of hydrogen-bond donors (Lipinski definition) is 0. The quantitative estimate of drug-likeness (QED) is 0.695. The van der Waals surface area contributed by atoms with E-state index in [0.29, 0.717) is 11.8 Å². The molecule has 0 atom stereocenters. The minimum absolute atomic E-state index is 0.0583. The lowest BCUT2D eigenvalue weighted by Gasteiger charge is -2.09. The molecule has 1 aromatic heterocycles. The van der Waals surface area contributed by atoms with Gasteiger partial charge < -0.3 is 0 Å². The fourth-order valence-electron chi connectivity index (χ4n) is 1.53. The Balaban J connectivity index is 2.45. The molecular weight excluding hydrogens is 246 g/mol. The van der Waals surface area contributed by atoms with Gasteiger partial charge >= 0.3 is 6.18 Å². The van der Waals surface area contributed by atoms with Crippen LogP contribution in [0.2, 0.25) is 0 Å². The topological polar surface area (TPSA) is 12.9 Å². The van der Waals surface area contributed by atoms with Crippen LogP contribution in [0.25, 0.3) is 11.3 Å². The Bertz CT molecular complexity index is 558. The van der Waals surface area contributed by atoms with Crippen molar-refractivity contribution in [3.63, 3.8) is 0 Å². The molecule has 0 aliphatic heterocycles. The zero-order valence-electron chi connectivity index (χ0n) is 9.42. The van der Waals surface area contributed by atoms with E-state index in [1.807, 2.05) is 6.92 Å². The van der Waals surface area contributed by atoms with Crippen molar-refractivity contribution in [2.75, 3.05) is 0 Å². The molecule has 0 saturated heterocycles. The molecule has 94 valence electrons. The molecule has 0 aliphatic carbocycles. The van der Waals surface area contributed by atoms with Gasteiger partial charge in [0.1, 0.15) is 5.82 Å². The van der Waals surface area contributed by atoms with E-state index in [4.69, 9.17) is 0 Å². The average Bonchev–Trinajstić information content (AvgIpc) is 2.29. The lowest BCUT2D eigenvalue weighted by atomic mass is 10.1. The van der Waals surface area contributed by atoms with Crippen LogP contribution in [0.5, 0.6) is 0 Å². The van der Waals surface area contributed by atoms with Crippen LogP contribution in [-0.2, 0) is 6.18 Å². The number of benzene rings is 1. The van der Waals surface area contributed by atoms with Gasteiger partial charge in [-0.3, -0.25) is 4.98 Å². The molecule has 2 aromatic rings. The summed E-state index contributed by atoms with van der Waals surface area (Å²) < 4.78 is 50.7. The molecule has 0 saturated carbocycles. The number of aryl methyl sites for hydroxylation is 1. The first kappa shape index (κ1) is 12.5. The summed E-state index contributed by atoms with van der Waals surface area (Å²) in [6.45, 7) is 1.82. The highest BCUT2D eigenvalue weighted by molar-refractivity contribution is 5.60. The fraction of sp³-hybridized carbons (Fsp3) is 0.154. The first-order chi connectivity index (χ1) is 8.38. The van der Waals surface area contributed by atoms with Gasteiger partial charge in [-0.1, -0.05) is 6.07 Å². The van der Waals surface area contributed by atoms with Crippen molar-refractivity contribution in [2.45, 2.75) is 13.1 Å². The van der Waals surface area contributed by atoms with E-state index < -0.39 is 17.6 Å².